The molecule has 0 spiro atoms. The van der Waals surface area contributed by atoms with Gasteiger partial charge in [-0.1, -0.05) is 35.3 Å². The maximum atomic E-state index is 12.1. The quantitative estimate of drug-likeness (QED) is 0.874. The van der Waals surface area contributed by atoms with Crippen LogP contribution in [0, 0.1) is 0 Å². The molecule has 0 radical (unpaired) electrons. The molecule has 110 valence electrons. The molecule has 4 nitrogen and oxygen atoms in total. The molecule has 0 atom stereocenters. The van der Waals surface area contributed by atoms with Gasteiger partial charge in [0.2, 0.25) is 5.91 Å². The van der Waals surface area contributed by atoms with E-state index in [4.69, 9.17) is 23.2 Å². The van der Waals surface area contributed by atoms with E-state index in [1.165, 1.54) is 0 Å². The molecule has 0 saturated heterocycles. The molecule has 0 aliphatic rings. The van der Waals surface area contributed by atoms with E-state index in [9.17, 15) is 4.79 Å². The number of para-hydroxylation sites is 1. The summed E-state index contributed by atoms with van der Waals surface area (Å²) >= 11 is 11.9. The summed E-state index contributed by atoms with van der Waals surface area (Å²) in [4.78, 5) is 17.9. The zero-order chi connectivity index (χ0) is 15.4. The molecule has 0 bridgehead atoms. The summed E-state index contributed by atoms with van der Waals surface area (Å²) in [5, 5.41) is 3.87. The fourth-order valence-corrected chi connectivity index (χ4v) is 2.42. The zero-order valence-corrected chi connectivity index (χ0v) is 13.2. The maximum Gasteiger partial charge on any atom is 0.228 e. The van der Waals surface area contributed by atoms with Gasteiger partial charge in [-0.15, -0.1) is 0 Å². The smallest absolute Gasteiger partial charge is 0.228 e. The van der Waals surface area contributed by atoms with E-state index in [2.05, 4.69) is 10.3 Å². The first-order valence-corrected chi connectivity index (χ1v) is 7.09. The molecule has 0 fully saturated rings. The van der Waals surface area contributed by atoms with Crippen molar-refractivity contribution in [2.75, 3.05) is 24.3 Å². The highest BCUT2D eigenvalue weighted by atomic mass is 35.5. The van der Waals surface area contributed by atoms with Crippen LogP contribution in [0.4, 0.5) is 11.4 Å². The van der Waals surface area contributed by atoms with E-state index in [-0.39, 0.29) is 12.3 Å². The largest absolute Gasteiger partial charge is 0.375 e. The number of benzene rings is 1. The topological polar surface area (TPSA) is 45.2 Å². The number of carbonyl (C=O) groups excluding carboxylic acids is 1. The fourth-order valence-electron chi connectivity index (χ4n) is 1.96. The molecule has 1 N–H and O–H groups in total. The summed E-state index contributed by atoms with van der Waals surface area (Å²) in [6, 6.07) is 8.85. The molecule has 0 aliphatic heterocycles. The van der Waals surface area contributed by atoms with Gasteiger partial charge in [-0.2, -0.15) is 0 Å². The molecule has 1 aromatic heterocycles. The number of rotatable bonds is 4. The molecule has 21 heavy (non-hydrogen) atoms. The number of nitrogens with zero attached hydrogens (tertiary/aromatic N) is 2. The highest BCUT2D eigenvalue weighted by Crippen LogP contribution is 2.32. The lowest BCUT2D eigenvalue weighted by Crippen LogP contribution is -2.18. The highest BCUT2D eigenvalue weighted by molar-refractivity contribution is 6.34. The second-order valence-electron chi connectivity index (χ2n) is 4.74. The van der Waals surface area contributed by atoms with Crippen molar-refractivity contribution < 1.29 is 4.79 Å². The Kier molecular flexibility index (Phi) is 5.04. The molecular weight excluding hydrogens is 309 g/mol. The molecule has 1 amide bonds. The number of amides is 1. The number of halogens is 2. The number of anilines is 2. The van der Waals surface area contributed by atoms with Crippen LogP contribution in [0.15, 0.2) is 36.5 Å². The van der Waals surface area contributed by atoms with Crippen LogP contribution in [0.3, 0.4) is 0 Å². The summed E-state index contributed by atoms with van der Waals surface area (Å²) in [5.41, 5.74) is 2.26. The predicted octanol–water partition coefficient (Wildman–Crippen LogP) is 3.64. The van der Waals surface area contributed by atoms with Crippen LogP contribution < -0.4 is 10.2 Å². The van der Waals surface area contributed by atoms with Crippen molar-refractivity contribution >= 4 is 40.5 Å². The molecule has 0 saturated carbocycles. The molecule has 1 heterocycles. The monoisotopic (exact) mass is 323 g/mol. The third kappa shape index (κ3) is 4.09. The molecule has 2 rings (SSSR count). The lowest BCUT2D eigenvalue weighted by molar-refractivity contribution is -0.115. The summed E-state index contributed by atoms with van der Waals surface area (Å²) in [6.07, 6.45) is 1.82. The molecule has 2 aromatic rings. The Labute approximate surface area is 133 Å². The minimum atomic E-state index is -0.135. The lowest BCUT2D eigenvalue weighted by atomic mass is 10.2. The van der Waals surface area contributed by atoms with Crippen LogP contribution in [0.2, 0.25) is 10.2 Å². The number of carbonyl (C=O) groups is 1. The van der Waals surface area contributed by atoms with Crippen molar-refractivity contribution in [3.63, 3.8) is 0 Å². The van der Waals surface area contributed by atoms with E-state index < -0.39 is 0 Å². The number of pyridine rings is 1. The Bertz CT molecular complexity index is 642. The number of nitrogens with one attached hydrogen (secondary N) is 1. The third-order valence-electron chi connectivity index (χ3n) is 2.86. The van der Waals surface area contributed by atoms with Gasteiger partial charge < -0.3 is 10.2 Å². The second kappa shape index (κ2) is 6.78. The summed E-state index contributed by atoms with van der Waals surface area (Å²) in [6.45, 7) is 0. The Morgan fingerprint density at radius 1 is 1.24 bits per heavy atom. The van der Waals surface area contributed by atoms with Crippen LogP contribution >= 0.6 is 23.2 Å². The summed E-state index contributed by atoms with van der Waals surface area (Å²) in [7, 11) is 3.75. The van der Waals surface area contributed by atoms with Gasteiger partial charge in [-0.05, 0) is 23.8 Å². The lowest BCUT2D eigenvalue weighted by Gasteiger charge is -2.19. The first-order valence-electron chi connectivity index (χ1n) is 6.33. The average Bonchev–Trinajstić information content (AvgIpc) is 2.41. The standard InChI is InChI=1S/C15H15Cl2N3O/c1-20(2)15-11(16)4-3-5-12(15)19-14(21)8-10-6-7-13(17)18-9-10/h3-7,9H,8H2,1-2H3,(H,19,21). The number of hydrogen-bond donors (Lipinski definition) is 1. The van der Waals surface area contributed by atoms with Crippen LogP contribution in [-0.2, 0) is 11.2 Å². The number of hydrogen-bond acceptors (Lipinski definition) is 3. The van der Waals surface area contributed by atoms with Gasteiger partial charge in [0, 0.05) is 20.3 Å². The van der Waals surface area contributed by atoms with Crippen molar-refractivity contribution in [3.8, 4) is 0 Å². The minimum absolute atomic E-state index is 0.135. The van der Waals surface area contributed by atoms with E-state index in [1.807, 2.05) is 25.1 Å². The van der Waals surface area contributed by atoms with Crippen LogP contribution in [0.25, 0.3) is 0 Å². The van der Waals surface area contributed by atoms with Gasteiger partial charge in [0.25, 0.3) is 0 Å². The van der Waals surface area contributed by atoms with Gasteiger partial charge in [0.15, 0.2) is 0 Å². The normalized spacial score (nSPS) is 10.3. The second-order valence-corrected chi connectivity index (χ2v) is 5.54. The number of aromatic nitrogens is 1. The predicted molar refractivity (Wildman–Crippen MR) is 87.4 cm³/mol. The van der Waals surface area contributed by atoms with E-state index in [0.717, 1.165) is 11.3 Å². The highest BCUT2D eigenvalue weighted by Gasteiger charge is 2.12. The molecule has 0 unspecified atom stereocenters. The van der Waals surface area contributed by atoms with Crippen molar-refractivity contribution in [3.05, 3.63) is 52.3 Å². The Morgan fingerprint density at radius 2 is 2.00 bits per heavy atom. The third-order valence-corrected chi connectivity index (χ3v) is 3.39. The summed E-state index contributed by atoms with van der Waals surface area (Å²) < 4.78 is 0. The van der Waals surface area contributed by atoms with E-state index >= 15 is 0 Å². The van der Waals surface area contributed by atoms with Gasteiger partial charge in [-0.3, -0.25) is 4.79 Å². The average molecular weight is 324 g/mol. The Morgan fingerprint density at radius 3 is 2.62 bits per heavy atom. The van der Waals surface area contributed by atoms with Crippen LogP contribution in [0.5, 0.6) is 0 Å². The first-order chi connectivity index (χ1) is 9.97. The van der Waals surface area contributed by atoms with Crippen molar-refractivity contribution in [2.24, 2.45) is 0 Å². The van der Waals surface area contributed by atoms with Gasteiger partial charge in [0.1, 0.15) is 5.15 Å². The van der Waals surface area contributed by atoms with Gasteiger partial charge >= 0.3 is 0 Å². The van der Waals surface area contributed by atoms with Gasteiger partial charge in [-0.25, -0.2) is 4.98 Å². The van der Waals surface area contributed by atoms with E-state index in [1.54, 1.807) is 30.5 Å². The fraction of sp³-hybridized carbons (Fsp3) is 0.200. The van der Waals surface area contributed by atoms with Crippen molar-refractivity contribution in [2.45, 2.75) is 6.42 Å². The Hall–Kier alpha value is -1.78. The molecular formula is C15H15Cl2N3O. The molecule has 0 aliphatic carbocycles. The zero-order valence-electron chi connectivity index (χ0n) is 11.7. The SMILES string of the molecule is CN(C)c1c(Cl)cccc1NC(=O)Cc1ccc(Cl)nc1. The maximum absolute atomic E-state index is 12.1. The van der Waals surface area contributed by atoms with Crippen molar-refractivity contribution in [1.29, 1.82) is 0 Å². The first kappa shape index (κ1) is 15.6. The minimum Gasteiger partial charge on any atom is -0.375 e. The Balaban J connectivity index is 2.13. The van der Waals surface area contributed by atoms with Gasteiger partial charge in [0.05, 0.1) is 22.8 Å². The van der Waals surface area contributed by atoms with Crippen LogP contribution in [0.1, 0.15) is 5.56 Å². The van der Waals surface area contributed by atoms with Crippen molar-refractivity contribution in [1.82, 2.24) is 4.98 Å². The molecule has 1 aromatic carbocycles. The summed E-state index contributed by atoms with van der Waals surface area (Å²) in [5.74, 6) is -0.135. The molecule has 6 heteroatoms. The van der Waals surface area contributed by atoms with E-state index in [0.29, 0.717) is 15.9 Å². The van der Waals surface area contributed by atoms with Crippen LogP contribution in [-0.4, -0.2) is 25.0 Å².